The van der Waals surface area contributed by atoms with E-state index >= 15 is 0 Å². The zero-order valence-corrected chi connectivity index (χ0v) is 12.1. The van der Waals surface area contributed by atoms with E-state index in [0.29, 0.717) is 11.3 Å². The van der Waals surface area contributed by atoms with Gasteiger partial charge in [0, 0.05) is 11.3 Å². The van der Waals surface area contributed by atoms with Crippen molar-refractivity contribution in [3.05, 3.63) is 64.7 Å². The molecule has 20 heavy (non-hydrogen) atoms. The van der Waals surface area contributed by atoms with Crippen molar-refractivity contribution in [2.75, 3.05) is 5.73 Å². The molecule has 0 aliphatic heterocycles. The third-order valence-electron chi connectivity index (χ3n) is 3.46. The van der Waals surface area contributed by atoms with Crippen molar-refractivity contribution in [1.29, 1.82) is 0 Å². The second-order valence-electron chi connectivity index (χ2n) is 5.18. The van der Waals surface area contributed by atoms with Gasteiger partial charge in [-0.1, -0.05) is 29.8 Å². The third kappa shape index (κ3) is 3.18. The number of nitrogens with two attached hydrogens (primary N) is 1. The highest BCUT2D eigenvalue weighted by Crippen LogP contribution is 2.16. The number of carbonyl (C=O) groups excluding carboxylic acids is 1. The van der Waals surface area contributed by atoms with Gasteiger partial charge in [-0.2, -0.15) is 0 Å². The number of benzene rings is 2. The number of nitrogen functional groups attached to an aromatic ring is 1. The maximum absolute atomic E-state index is 12.2. The Hall–Kier alpha value is -2.29. The Morgan fingerprint density at radius 1 is 1.10 bits per heavy atom. The van der Waals surface area contributed by atoms with Crippen LogP contribution in [0.4, 0.5) is 5.69 Å². The molecule has 0 aliphatic rings. The van der Waals surface area contributed by atoms with Gasteiger partial charge in [0.2, 0.25) is 0 Å². The highest BCUT2D eigenvalue weighted by atomic mass is 16.1. The summed E-state index contributed by atoms with van der Waals surface area (Å²) in [5, 5.41) is 3.00. The van der Waals surface area contributed by atoms with Crippen LogP contribution in [-0.4, -0.2) is 5.91 Å². The molecule has 0 fully saturated rings. The summed E-state index contributed by atoms with van der Waals surface area (Å²) in [6.07, 6.45) is 0. The molecular weight excluding hydrogens is 248 g/mol. The van der Waals surface area contributed by atoms with Crippen molar-refractivity contribution >= 4 is 11.6 Å². The number of carbonyl (C=O) groups is 1. The number of aryl methyl sites for hydroxylation is 2. The lowest BCUT2D eigenvalue weighted by Crippen LogP contribution is -2.26. The van der Waals surface area contributed by atoms with Crippen LogP contribution < -0.4 is 11.1 Å². The van der Waals surface area contributed by atoms with Gasteiger partial charge in [-0.05, 0) is 50.1 Å². The van der Waals surface area contributed by atoms with Gasteiger partial charge in [0.25, 0.3) is 5.91 Å². The Bertz CT molecular complexity index is 617. The lowest BCUT2D eigenvalue weighted by atomic mass is 10.1. The highest BCUT2D eigenvalue weighted by molar-refractivity contribution is 5.95. The fourth-order valence-corrected chi connectivity index (χ4v) is 2.04. The molecule has 0 heterocycles. The van der Waals surface area contributed by atoms with Crippen molar-refractivity contribution in [3.63, 3.8) is 0 Å². The number of hydrogen-bond acceptors (Lipinski definition) is 2. The van der Waals surface area contributed by atoms with E-state index in [0.717, 1.165) is 11.1 Å². The van der Waals surface area contributed by atoms with Crippen molar-refractivity contribution in [2.24, 2.45) is 0 Å². The Morgan fingerprint density at radius 2 is 1.75 bits per heavy atom. The van der Waals surface area contributed by atoms with Crippen LogP contribution >= 0.6 is 0 Å². The van der Waals surface area contributed by atoms with Crippen LogP contribution in [0.5, 0.6) is 0 Å². The molecule has 0 aromatic heterocycles. The summed E-state index contributed by atoms with van der Waals surface area (Å²) < 4.78 is 0. The van der Waals surface area contributed by atoms with E-state index in [9.17, 15) is 4.79 Å². The lowest BCUT2D eigenvalue weighted by Gasteiger charge is -2.15. The first-order valence-electron chi connectivity index (χ1n) is 6.71. The fraction of sp³-hybridized carbons (Fsp3) is 0.235. The second kappa shape index (κ2) is 5.78. The SMILES string of the molecule is Cc1ccc(C(C)NC(=O)c2ccc(N)c(C)c2)cc1. The zero-order chi connectivity index (χ0) is 14.7. The van der Waals surface area contributed by atoms with Gasteiger partial charge in [0.05, 0.1) is 6.04 Å². The standard InChI is InChI=1S/C17H20N2O/c1-11-4-6-14(7-5-11)13(3)19-17(20)15-8-9-16(18)12(2)10-15/h4-10,13H,18H2,1-3H3,(H,19,20). The smallest absolute Gasteiger partial charge is 0.251 e. The number of anilines is 1. The zero-order valence-electron chi connectivity index (χ0n) is 12.1. The first-order chi connectivity index (χ1) is 9.47. The Labute approximate surface area is 119 Å². The summed E-state index contributed by atoms with van der Waals surface area (Å²) in [4.78, 5) is 12.2. The molecule has 0 bridgehead atoms. The molecule has 3 nitrogen and oxygen atoms in total. The normalized spacial score (nSPS) is 11.9. The molecule has 0 radical (unpaired) electrons. The van der Waals surface area contributed by atoms with Crippen molar-refractivity contribution in [3.8, 4) is 0 Å². The molecule has 2 rings (SSSR count). The van der Waals surface area contributed by atoms with Crippen molar-refractivity contribution in [2.45, 2.75) is 26.8 Å². The van der Waals surface area contributed by atoms with Gasteiger partial charge in [-0.3, -0.25) is 4.79 Å². The molecular formula is C17H20N2O. The van der Waals surface area contributed by atoms with Crippen molar-refractivity contribution < 1.29 is 4.79 Å². The molecule has 3 heteroatoms. The number of amides is 1. The Morgan fingerprint density at radius 3 is 2.35 bits per heavy atom. The average Bonchev–Trinajstić information content (AvgIpc) is 2.42. The van der Waals surface area contributed by atoms with Crippen LogP contribution in [0.1, 0.15) is 40.0 Å². The number of hydrogen-bond donors (Lipinski definition) is 2. The topological polar surface area (TPSA) is 55.1 Å². The van der Waals surface area contributed by atoms with Crippen LogP contribution in [0.3, 0.4) is 0 Å². The van der Waals surface area contributed by atoms with Gasteiger partial charge in [-0.15, -0.1) is 0 Å². The van der Waals surface area contributed by atoms with E-state index in [1.165, 1.54) is 5.56 Å². The minimum absolute atomic E-state index is 0.0269. The van der Waals surface area contributed by atoms with Crippen LogP contribution in [0, 0.1) is 13.8 Å². The summed E-state index contributed by atoms with van der Waals surface area (Å²) in [7, 11) is 0. The maximum Gasteiger partial charge on any atom is 0.251 e. The first-order valence-corrected chi connectivity index (χ1v) is 6.71. The van der Waals surface area contributed by atoms with E-state index in [1.54, 1.807) is 12.1 Å². The minimum atomic E-state index is -0.0822. The Kier molecular flexibility index (Phi) is 4.08. The van der Waals surface area contributed by atoms with E-state index in [-0.39, 0.29) is 11.9 Å². The number of nitrogens with one attached hydrogen (secondary N) is 1. The quantitative estimate of drug-likeness (QED) is 0.838. The van der Waals surface area contributed by atoms with E-state index < -0.39 is 0 Å². The molecule has 0 aliphatic carbocycles. The minimum Gasteiger partial charge on any atom is -0.399 e. The summed E-state index contributed by atoms with van der Waals surface area (Å²) in [5.74, 6) is -0.0822. The molecule has 2 aromatic carbocycles. The van der Waals surface area contributed by atoms with E-state index in [2.05, 4.69) is 5.32 Å². The predicted octanol–water partition coefficient (Wildman–Crippen LogP) is 3.38. The predicted molar refractivity (Wildman–Crippen MR) is 82.7 cm³/mol. The molecule has 1 atom stereocenters. The van der Waals surface area contributed by atoms with E-state index in [4.69, 9.17) is 5.73 Å². The van der Waals surface area contributed by atoms with Crippen LogP contribution in [-0.2, 0) is 0 Å². The Balaban J connectivity index is 2.10. The monoisotopic (exact) mass is 268 g/mol. The largest absolute Gasteiger partial charge is 0.399 e. The summed E-state index contributed by atoms with van der Waals surface area (Å²) in [5.41, 5.74) is 10.3. The molecule has 0 saturated heterocycles. The van der Waals surface area contributed by atoms with Crippen molar-refractivity contribution in [1.82, 2.24) is 5.32 Å². The van der Waals surface area contributed by atoms with E-state index in [1.807, 2.05) is 51.1 Å². The summed E-state index contributed by atoms with van der Waals surface area (Å²) in [6, 6.07) is 13.5. The van der Waals surface area contributed by atoms with Crippen LogP contribution in [0.15, 0.2) is 42.5 Å². The first kappa shape index (κ1) is 14.1. The molecule has 104 valence electrons. The second-order valence-corrected chi connectivity index (χ2v) is 5.18. The molecule has 2 aromatic rings. The molecule has 1 unspecified atom stereocenters. The van der Waals surface area contributed by atoms with Crippen LogP contribution in [0.25, 0.3) is 0 Å². The molecule has 0 spiro atoms. The van der Waals surface area contributed by atoms with Gasteiger partial charge in [0.15, 0.2) is 0 Å². The molecule has 1 amide bonds. The van der Waals surface area contributed by atoms with Gasteiger partial charge < -0.3 is 11.1 Å². The fourth-order valence-electron chi connectivity index (χ4n) is 2.04. The lowest BCUT2D eigenvalue weighted by molar-refractivity contribution is 0.0940. The highest BCUT2D eigenvalue weighted by Gasteiger charge is 2.11. The summed E-state index contributed by atoms with van der Waals surface area (Å²) >= 11 is 0. The maximum atomic E-state index is 12.2. The number of rotatable bonds is 3. The molecule has 3 N–H and O–H groups in total. The van der Waals surface area contributed by atoms with Gasteiger partial charge in [0.1, 0.15) is 0 Å². The van der Waals surface area contributed by atoms with Crippen LogP contribution in [0.2, 0.25) is 0 Å². The molecule has 0 saturated carbocycles. The van der Waals surface area contributed by atoms with Gasteiger partial charge >= 0.3 is 0 Å². The summed E-state index contributed by atoms with van der Waals surface area (Å²) in [6.45, 7) is 5.92. The average molecular weight is 268 g/mol. The third-order valence-corrected chi connectivity index (χ3v) is 3.46. The van der Waals surface area contributed by atoms with Gasteiger partial charge in [-0.25, -0.2) is 0 Å².